The summed E-state index contributed by atoms with van der Waals surface area (Å²) in [6, 6.07) is 0. The van der Waals surface area contributed by atoms with Crippen molar-refractivity contribution in [3.8, 4) is 0 Å². The summed E-state index contributed by atoms with van der Waals surface area (Å²) < 4.78 is 0. The van der Waals surface area contributed by atoms with Crippen LogP contribution in [-0.4, -0.2) is 16.9 Å². The minimum Gasteiger partial charge on any atom is -0.505 e. The molecule has 9 heavy (non-hydrogen) atoms. The number of aliphatic imine (C=N–C) groups is 1. The van der Waals surface area contributed by atoms with Crippen LogP contribution in [0.25, 0.3) is 0 Å². The lowest BCUT2D eigenvalue weighted by Crippen LogP contribution is -1.87. The van der Waals surface area contributed by atoms with Crippen molar-refractivity contribution < 1.29 is 10.2 Å². The molecule has 2 N–H and O–H groups in total. The van der Waals surface area contributed by atoms with Crippen LogP contribution < -0.4 is 0 Å². The van der Waals surface area contributed by atoms with E-state index in [1.54, 1.807) is 0 Å². The van der Waals surface area contributed by atoms with E-state index in [0.29, 0.717) is 0 Å². The molecule has 0 amide bonds. The van der Waals surface area contributed by atoms with E-state index in [1.165, 1.54) is 6.92 Å². The smallest absolute Gasteiger partial charge is 0.178 e. The van der Waals surface area contributed by atoms with Crippen molar-refractivity contribution in [2.24, 2.45) is 4.99 Å². The quantitative estimate of drug-likeness (QED) is 0.336. The fourth-order valence-electron chi connectivity index (χ4n) is 0.284. The average Bonchev–Trinajstić information content (AvgIpc) is 1.84. The van der Waals surface area contributed by atoms with Gasteiger partial charge in [0.25, 0.3) is 0 Å². The molecule has 0 unspecified atom stereocenters. The van der Waals surface area contributed by atoms with E-state index in [9.17, 15) is 0 Å². The first-order valence-corrected chi connectivity index (χ1v) is 2.34. The van der Waals surface area contributed by atoms with E-state index in [1.807, 2.05) is 0 Å². The zero-order chi connectivity index (χ0) is 7.44. The van der Waals surface area contributed by atoms with Crippen molar-refractivity contribution in [3.05, 3.63) is 23.8 Å². The highest BCUT2D eigenvalue weighted by Gasteiger charge is 1.99. The predicted octanol–water partition coefficient (Wildman–Crippen LogP) is 1.55. The van der Waals surface area contributed by atoms with Crippen LogP contribution in [0.4, 0.5) is 0 Å². The summed E-state index contributed by atoms with van der Waals surface area (Å²) in [7, 11) is 0. The molecule has 0 aromatic rings. The molecule has 3 nitrogen and oxygen atoms in total. The molecule has 0 aromatic heterocycles. The molecule has 3 heteroatoms. The lowest BCUT2D eigenvalue weighted by Gasteiger charge is -1.96. The monoisotopic (exact) mass is 127 g/mol. The lowest BCUT2D eigenvalue weighted by molar-refractivity contribution is 0.324. The van der Waals surface area contributed by atoms with E-state index < -0.39 is 0 Å². The molecular formula is C6H9NO2. The summed E-state index contributed by atoms with van der Waals surface area (Å²) in [6.45, 7) is 7.75. The van der Waals surface area contributed by atoms with Gasteiger partial charge in [0.2, 0.25) is 0 Å². The van der Waals surface area contributed by atoms with Gasteiger partial charge in [0, 0.05) is 0 Å². The number of aliphatic hydroxyl groups excluding tert-OH is 2. The first kappa shape index (κ1) is 7.75. The van der Waals surface area contributed by atoms with Gasteiger partial charge in [-0.25, -0.2) is 0 Å². The van der Waals surface area contributed by atoms with Crippen LogP contribution in [0, 0.1) is 0 Å². The second-order valence-electron chi connectivity index (χ2n) is 1.54. The Balaban J connectivity index is 4.47. The number of nitrogens with zero attached hydrogens (tertiary/aromatic N) is 1. The molecule has 0 aromatic carbocycles. The fraction of sp³-hybridized carbons (Fsp3) is 0.167. The third-order valence-electron chi connectivity index (χ3n) is 0.853. The Hall–Kier alpha value is -1.25. The molecular weight excluding hydrogens is 118 g/mol. The van der Waals surface area contributed by atoms with Crippen LogP contribution >= 0.6 is 0 Å². The average molecular weight is 127 g/mol. The molecule has 0 atom stereocenters. The number of aliphatic hydroxyl groups is 2. The summed E-state index contributed by atoms with van der Waals surface area (Å²) in [5, 5.41) is 17.3. The maximum Gasteiger partial charge on any atom is 0.178 e. The molecule has 0 radical (unpaired) electrons. The molecule has 0 bridgehead atoms. The van der Waals surface area contributed by atoms with Gasteiger partial charge >= 0.3 is 0 Å². The molecule has 0 aliphatic heterocycles. The Morgan fingerprint density at radius 3 is 2.00 bits per heavy atom. The van der Waals surface area contributed by atoms with Crippen LogP contribution in [0.5, 0.6) is 0 Å². The summed E-state index contributed by atoms with van der Waals surface area (Å²) in [5.41, 5.74) is 0.266. The summed E-state index contributed by atoms with van der Waals surface area (Å²) in [6.07, 6.45) is 0. The van der Waals surface area contributed by atoms with Gasteiger partial charge in [-0.05, 0) is 13.6 Å². The predicted molar refractivity (Wildman–Crippen MR) is 36.6 cm³/mol. The molecule has 0 aliphatic rings. The van der Waals surface area contributed by atoms with Crippen molar-refractivity contribution in [1.82, 2.24) is 0 Å². The second-order valence-corrected chi connectivity index (χ2v) is 1.54. The highest BCUT2D eigenvalue weighted by Crippen LogP contribution is 2.06. The maximum atomic E-state index is 8.79. The molecule has 0 aliphatic carbocycles. The van der Waals surface area contributed by atoms with E-state index in [-0.39, 0.29) is 17.2 Å². The van der Waals surface area contributed by atoms with Gasteiger partial charge in [-0.15, -0.1) is 0 Å². The molecule has 0 saturated heterocycles. The molecule has 0 saturated carbocycles. The van der Waals surface area contributed by atoms with Crippen LogP contribution in [0.3, 0.4) is 0 Å². The zero-order valence-corrected chi connectivity index (χ0v) is 5.26. The normalized spacial score (nSPS) is 12.1. The Kier molecular flexibility index (Phi) is 2.51. The van der Waals surface area contributed by atoms with Crippen LogP contribution in [0.15, 0.2) is 28.8 Å². The standard InChI is InChI=1S/C6H9NO2/c1-4(7-3)6(9)5(2)8/h8-9H,2-3H2,1H3/b6-4+. The third kappa shape index (κ3) is 1.99. The maximum absolute atomic E-state index is 8.79. The van der Waals surface area contributed by atoms with Crippen molar-refractivity contribution in [2.45, 2.75) is 6.92 Å². The molecule has 0 fully saturated rings. The molecule has 0 spiro atoms. The lowest BCUT2D eigenvalue weighted by atomic mass is 10.3. The van der Waals surface area contributed by atoms with Crippen molar-refractivity contribution >= 4 is 6.72 Å². The number of hydrogen-bond acceptors (Lipinski definition) is 3. The van der Waals surface area contributed by atoms with Crippen molar-refractivity contribution in [1.29, 1.82) is 0 Å². The highest BCUT2D eigenvalue weighted by atomic mass is 16.3. The summed E-state index contributed by atoms with van der Waals surface area (Å²) >= 11 is 0. The van der Waals surface area contributed by atoms with E-state index >= 15 is 0 Å². The number of rotatable bonds is 2. The van der Waals surface area contributed by atoms with Gasteiger partial charge in [0.1, 0.15) is 0 Å². The minimum atomic E-state index is -0.389. The van der Waals surface area contributed by atoms with Gasteiger partial charge < -0.3 is 10.2 Å². The van der Waals surface area contributed by atoms with Gasteiger partial charge in [-0.2, -0.15) is 0 Å². The molecule has 50 valence electrons. The topological polar surface area (TPSA) is 52.8 Å². The van der Waals surface area contributed by atoms with Crippen LogP contribution in [0.2, 0.25) is 0 Å². The first-order valence-electron chi connectivity index (χ1n) is 2.34. The SMILES string of the molecule is C=N/C(C)=C(/O)C(=C)O. The Labute approximate surface area is 53.7 Å². The zero-order valence-electron chi connectivity index (χ0n) is 5.26. The van der Waals surface area contributed by atoms with E-state index in [0.717, 1.165) is 0 Å². The fourth-order valence-corrected chi connectivity index (χ4v) is 0.284. The van der Waals surface area contributed by atoms with Gasteiger partial charge in [0.15, 0.2) is 11.5 Å². The van der Waals surface area contributed by atoms with Crippen LogP contribution in [-0.2, 0) is 0 Å². The number of hydrogen-bond donors (Lipinski definition) is 2. The van der Waals surface area contributed by atoms with Crippen molar-refractivity contribution in [3.63, 3.8) is 0 Å². The Morgan fingerprint density at radius 1 is 1.44 bits per heavy atom. The second kappa shape index (κ2) is 2.91. The summed E-state index contributed by atoms with van der Waals surface area (Å²) in [4.78, 5) is 3.37. The number of allylic oxidation sites excluding steroid dienone is 1. The molecule has 0 heterocycles. The van der Waals surface area contributed by atoms with Gasteiger partial charge in [-0.1, -0.05) is 6.58 Å². The van der Waals surface area contributed by atoms with Crippen LogP contribution in [0.1, 0.15) is 6.92 Å². The molecule has 0 rings (SSSR count). The minimum absolute atomic E-state index is 0.266. The Morgan fingerprint density at radius 2 is 1.89 bits per heavy atom. The van der Waals surface area contributed by atoms with Gasteiger partial charge in [-0.3, -0.25) is 4.99 Å². The van der Waals surface area contributed by atoms with Crippen molar-refractivity contribution in [2.75, 3.05) is 0 Å². The van der Waals surface area contributed by atoms with E-state index in [4.69, 9.17) is 10.2 Å². The van der Waals surface area contributed by atoms with E-state index in [2.05, 4.69) is 18.3 Å². The van der Waals surface area contributed by atoms with Gasteiger partial charge in [0.05, 0.1) is 5.70 Å². The highest BCUT2D eigenvalue weighted by molar-refractivity contribution is 5.31. The largest absolute Gasteiger partial charge is 0.505 e. The first-order chi connectivity index (χ1) is 4.09. The third-order valence-corrected chi connectivity index (χ3v) is 0.853. The Bertz CT molecular complexity index is 170. The summed E-state index contributed by atoms with van der Waals surface area (Å²) in [5.74, 6) is -0.704.